The van der Waals surface area contributed by atoms with E-state index in [9.17, 15) is 10.5 Å². The molecule has 138 valence electrons. The van der Waals surface area contributed by atoms with Gasteiger partial charge in [-0.25, -0.2) is 4.98 Å². The third-order valence-electron chi connectivity index (χ3n) is 4.09. The third kappa shape index (κ3) is 3.82. The van der Waals surface area contributed by atoms with Crippen molar-refractivity contribution in [2.45, 2.75) is 9.92 Å². The summed E-state index contributed by atoms with van der Waals surface area (Å²) >= 11 is 4.92. The van der Waals surface area contributed by atoms with Crippen LogP contribution in [0.25, 0.3) is 11.1 Å². The molecule has 0 aliphatic heterocycles. The zero-order chi connectivity index (χ0) is 20.3. The first-order valence-corrected chi connectivity index (χ1v) is 9.91. The number of nitrogens with zero attached hydrogens (tertiary/aromatic N) is 4. The van der Waals surface area contributed by atoms with Crippen LogP contribution < -0.4 is 10.6 Å². The number of benzene rings is 2. The van der Waals surface area contributed by atoms with Crippen molar-refractivity contribution in [1.29, 1.82) is 10.5 Å². The fraction of sp³-hybridized carbons (Fsp3) is 0.0952. The van der Waals surface area contributed by atoms with E-state index in [1.54, 1.807) is 0 Å². The summed E-state index contributed by atoms with van der Waals surface area (Å²) in [7, 11) is 3.89. The number of halogens is 1. The molecule has 0 bridgehead atoms. The Labute approximate surface area is 176 Å². The monoisotopic (exact) mass is 449 g/mol. The van der Waals surface area contributed by atoms with Gasteiger partial charge >= 0.3 is 0 Å². The molecular weight excluding hydrogens is 434 g/mol. The van der Waals surface area contributed by atoms with Crippen LogP contribution in [0.15, 0.2) is 62.9 Å². The highest BCUT2D eigenvalue weighted by atomic mass is 79.9. The first-order valence-electron chi connectivity index (χ1n) is 8.30. The lowest BCUT2D eigenvalue weighted by Gasteiger charge is -2.17. The number of rotatable bonds is 4. The minimum Gasteiger partial charge on any atom is -0.383 e. The average molecular weight is 450 g/mol. The van der Waals surface area contributed by atoms with Crippen LogP contribution in [0.5, 0.6) is 0 Å². The van der Waals surface area contributed by atoms with Crippen molar-refractivity contribution < 1.29 is 0 Å². The molecule has 2 aromatic carbocycles. The van der Waals surface area contributed by atoms with E-state index in [2.05, 4.69) is 33.1 Å². The predicted octanol–water partition coefficient (Wildman–Crippen LogP) is 5.05. The summed E-state index contributed by atoms with van der Waals surface area (Å²) in [6.45, 7) is 0. The molecule has 28 heavy (non-hydrogen) atoms. The molecule has 0 spiro atoms. The standard InChI is InChI=1S/C21H16BrN5S/c1-27(2)18-9-8-13(10-17(18)22)19-15(11-23)20(25)26-21(16(19)12-24)28-14-6-4-3-5-7-14/h3-10H,1-2H3,(H2,25,26). The molecule has 0 amide bonds. The zero-order valence-electron chi connectivity index (χ0n) is 15.3. The molecule has 0 unspecified atom stereocenters. The van der Waals surface area contributed by atoms with Gasteiger partial charge in [-0.1, -0.05) is 36.0 Å². The minimum atomic E-state index is 0.114. The molecule has 0 aliphatic rings. The van der Waals surface area contributed by atoms with Gasteiger partial charge in [0.15, 0.2) is 0 Å². The van der Waals surface area contributed by atoms with Gasteiger partial charge in [0.05, 0.1) is 11.3 Å². The number of nitriles is 2. The van der Waals surface area contributed by atoms with E-state index < -0.39 is 0 Å². The molecule has 0 fully saturated rings. The van der Waals surface area contributed by atoms with Crippen LogP contribution >= 0.6 is 27.7 Å². The molecule has 7 heteroatoms. The van der Waals surface area contributed by atoms with Crippen LogP contribution in [0.2, 0.25) is 0 Å². The topological polar surface area (TPSA) is 89.7 Å². The van der Waals surface area contributed by atoms with Crippen molar-refractivity contribution in [3.05, 3.63) is 64.1 Å². The van der Waals surface area contributed by atoms with E-state index in [1.807, 2.05) is 67.5 Å². The normalized spacial score (nSPS) is 10.2. The van der Waals surface area contributed by atoms with Crippen molar-refractivity contribution in [1.82, 2.24) is 4.98 Å². The van der Waals surface area contributed by atoms with Gasteiger partial charge in [0, 0.05) is 29.0 Å². The Morgan fingerprint density at radius 3 is 2.29 bits per heavy atom. The molecule has 3 aromatic rings. The molecule has 1 aromatic heterocycles. The molecule has 0 radical (unpaired) electrons. The highest BCUT2D eigenvalue weighted by Crippen LogP contribution is 2.40. The Kier molecular flexibility index (Phi) is 5.89. The molecule has 5 nitrogen and oxygen atoms in total. The first kappa shape index (κ1) is 19.8. The molecule has 0 saturated heterocycles. The molecule has 0 saturated carbocycles. The third-order valence-corrected chi connectivity index (χ3v) is 5.72. The van der Waals surface area contributed by atoms with Gasteiger partial charge in [-0.3, -0.25) is 0 Å². The molecule has 1 heterocycles. The smallest absolute Gasteiger partial charge is 0.143 e. The first-order chi connectivity index (χ1) is 13.5. The summed E-state index contributed by atoms with van der Waals surface area (Å²) in [5, 5.41) is 20.0. The summed E-state index contributed by atoms with van der Waals surface area (Å²) in [5.41, 5.74) is 8.85. The maximum atomic E-state index is 9.89. The van der Waals surface area contributed by atoms with Gasteiger partial charge in [-0.2, -0.15) is 10.5 Å². The fourth-order valence-corrected chi connectivity index (χ4v) is 4.43. The molecule has 0 aliphatic carbocycles. The second-order valence-corrected chi connectivity index (χ2v) is 8.04. The zero-order valence-corrected chi connectivity index (χ0v) is 17.7. The van der Waals surface area contributed by atoms with Crippen LogP contribution in [-0.2, 0) is 0 Å². The lowest BCUT2D eigenvalue weighted by atomic mass is 9.96. The maximum absolute atomic E-state index is 9.89. The number of pyridine rings is 1. The number of aromatic nitrogens is 1. The molecule has 2 N–H and O–H groups in total. The highest BCUT2D eigenvalue weighted by Gasteiger charge is 2.21. The summed E-state index contributed by atoms with van der Waals surface area (Å²) in [6.07, 6.45) is 0. The number of nitrogens with two attached hydrogens (primary N) is 1. The van der Waals surface area contributed by atoms with Gasteiger partial charge in [0.2, 0.25) is 0 Å². The van der Waals surface area contributed by atoms with Crippen LogP contribution in [0.3, 0.4) is 0 Å². The van der Waals surface area contributed by atoms with Crippen molar-refractivity contribution in [2.24, 2.45) is 0 Å². The van der Waals surface area contributed by atoms with Gasteiger partial charge in [0.1, 0.15) is 28.5 Å². The van der Waals surface area contributed by atoms with Crippen LogP contribution in [0, 0.1) is 22.7 Å². The Hall–Kier alpha value is -3.00. The quantitative estimate of drug-likeness (QED) is 0.598. The van der Waals surface area contributed by atoms with E-state index in [-0.39, 0.29) is 11.4 Å². The van der Waals surface area contributed by atoms with E-state index in [1.165, 1.54) is 11.8 Å². The van der Waals surface area contributed by atoms with E-state index in [0.29, 0.717) is 16.2 Å². The Morgan fingerprint density at radius 2 is 1.71 bits per heavy atom. The Balaban J connectivity index is 2.24. The van der Waals surface area contributed by atoms with Crippen molar-refractivity contribution in [2.75, 3.05) is 24.7 Å². The SMILES string of the molecule is CN(C)c1ccc(-c2c(C#N)c(N)nc(Sc3ccccc3)c2C#N)cc1Br. The second-order valence-electron chi connectivity index (χ2n) is 6.13. The van der Waals surface area contributed by atoms with Gasteiger partial charge in [0.25, 0.3) is 0 Å². The van der Waals surface area contributed by atoms with E-state index >= 15 is 0 Å². The summed E-state index contributed by atoms with van der Waals surface area (Å²) in [5.74, 6) is 0.114. The van der Waals surface area contributed by atoms with Gasteiger partial charge < -0.3 is 10.6 Å². The summed E-state index contributed by atoms with van der Waals surface area (Å²) in [6, 6.07) is 19.7. The maximum Gasteiger partial charge on any atom is 0.143 e. The molecular formula is C21H16BrN5S. The summed E-state index contributed by atoms with van der Waals surface area (Å²) in [4.78, 5) is 7.25. The van der Waals surface area contributed by atoms with Crippen LogP contribution in [-0.4, -0.2) is 19.1 Å². The number of hydrogen-bond acceptors (Lipinski definition) is 6. The summed E-state index contributed by atoms with van der Waals surface area (Å²) < 4.78 is 0.857. The minimum absolute atomic E-state index is 0.114. The molecule has 0 atom stereocenters. The van der Waals surface area contributed by atoms with Gasteiger partial charge in [-0.15, -0.1) is 0 Å². The van der Waals surface area contributed by atoms with Crippen molar-refractivity contribution in [3.8, 4) is 23.3 Å². The van der Waals surface area contributed by atoms with Crippen LogP contribution in [0.1, 0.15) is 11.1 Å². The van der Waals surface area contributed by atoms with E-state index in [0.717, 1.165) is 20.6 Å². The Bertz CT molecular complexity index is 1110. The molecule has 3 rings (SSSR count). The number of anilines is 2. The van der Waals surface area contributed by atoms with Crippen molar-refractivity contribution in [3.63, 3.8) is 0 Å². The van der Waals surface area contributed by atoms with Crippen molar-refractivity contribution >= 4 is 39.2 Å². The second kappa shape index (κ2) is 8.35. The van der Waals surface area contributed by atoms with Gasteiger partial charge in [-0.05, 0) is 45.8 Å². The van der Waals surface area contributed by atoms with Crippen LogP contribution in [0.4, 0.5) is 11.5 Å². The largest absolute Gasteiger partial charge is 0.383 e. The number of nitrogen functional groups attached to an aromatic ring is 1. The highest BCUT2D eigenvalue weighted by molar-refractivity contribution is 9.10. The fourth-order valence-electron chi connectivity index (χ4n) is 2.79. The average Bonchev–Trinajstić information content (AvgIpc) is 2.68. The lowest BCUT2D eigenvalue weighted by Crippen LogP contribution is -2.09. The predicted molar refractivity (Wildman–Crippen MR) is 116 cm³/mol. The van der Waals surface area contributed by atoms with E-state index in [4.69, 9.17) is 5.73 Å². The lowest BCUT2D eigenvalue weighted by molar-refractivity contribution is 1.11. The Morgan fingerprint density at radius 1 is 1.04 bits per heavy atom. The number of hydrogen-bond donors (Lipinski definition) is 1.